The average molecular weight is 296 g/mol. The van der Waals surface area contributed by atoms with Gasteiger partial charge in [-0.25, -0.2) is 9.97 Å². The van der Waals surface area contributed by atoms with Crippen LogP contribution in [0.4, 0.5) is 11.6 Å². The van der Waals surface area contributed by atoms with Gasteiger partial charge in [0, 0.05) is 46.0 Å². The van der Waals surface area contributed by atoms with Gasteiger partial charge in [0.25, 0.3) is 0 Å². The van der Waals surface area contributed by atoms with Gasteiger partial charge >= 0.3 is 0 Å². The fourth-order valence-electron chi connectivity index (χ4n) is 2.19. The molecule has 1 aromatic rings. The molecular formula is C15H28N4O2. The SMILES string of the molecule is CCNc1nc(C)nc(N(CCCOC)CCOC)c1C. The molecule has 6 heteroatoms. The van der Waals surface area contributed by atoms with E-state index in [9.17, 15) is 0 Å². The Labute approximate surface area is 127 Å². The zero-order valence-electron chi connectivity index (χ0n) is 13.9. The summed E-state index contributed by atoms with van der Waals surface area (Å²) in [5, 5.41) is 3.30. The third kappa shape index (κ3) is 5.47. The van der Waals surface area contributed by atoms with Gasteiger partial charge in [0.2, 0.25) is 0 Å². The predicted molar refractivity (Wildman–Crippen MR) is 86.3 cm³/mol. The number of ether oxygens (including phenoxy) is 2. The Balaban J connectivity index is 2.98. The van der Waals surface area contributed by atoms with Gasteiger partial charge in [0.15, 0.2) is 0 Å². The zero-order valence-corrected chi connectivity index (χ0v) is 13.9. The summed E-state index contributed by atoms with van der Waals surface area (Å²) in [6.45, 7) is 10.0. The molecule has 0 aromatic carbocycles. The first kappa shape index (κ1) is 17.7. The van der Waals surface area contributed by atoms with Crippen LogP contribution in [0.5, 0.6) is 0 Å². The normalized spacial score (nSPS) is 10.7. The van der Waals surface area contributed by atoms with Crippen molar-refractivity contribution < 1.29 is 9.47 Å². The van der Waals surface area contributed by atoms with Gasteiger partial charge in [-0.15, -0.1) is 0 Å². The molecule has 1 N–H and O–H groups in total. The van der Waals surface area contributed by atoms with Crippen LogP contribution < -0.4 is 10.2 Å². The maximum absolute atomic E-state index is 5.22. The lowest BCUT2D eigenvalue weighted by Gasteiger charge is -2.26. The minimum Gasteiger partial charge on any atom is -0.385 e. The molecule has 0 amide bonds. The Morgan fingerprint density at radius 3 is 2.38 bits per heavy atom. The van der Waals surface area contributed by atoms with Gasteiger partial charge in [-0.05, 0) is 27.2 Å². The van der Waals surface area contributed by atoms with Crippen molar-refractivity contribution in [1.29, 1.82) is 0 Å². The number of anilines is 2. The number of hydrogen-bond acceptors (Lipinski definition) is 6. The van der Waals surface area contributed by atoms with Crippen LogP contribution in [0.3, 0.4) is 0 Å². The molecule has 120 valence electrons. The van der Waals surface area contributed by atoms with E-state index in [1.807, 2.05) is 6.92 Å². The van der Waals surface area contributed by atoms with Crippen molar-refractivity contribution >= 4 is 11.6 Å². The van der Waals surface area contributed by atoms with Crippen LogP contribution >= 0.6 is 0 Å². The third-order valence-corrected chi connectivity index (χ3v) is 3.22. The molecular weight excluding hydrogens is 268 g/mol. The van der Waals surface area contributed by atoms with E-state index in [4.69, 9.17) is 9.47 Å². The molecule has 1 rings (SSSR count). The lowest BCUT2D eigenvalue weighted by atomic mass is 10.2. The molecule has 0 bridgehead atoms. The van der Waals surface area contributed by atoms with Gasteiger partial charge in [-0.3, -0.25) is 0 Å². The Hall–Kier alpha value is -1.40. The molecule has 0 spiro atoms. The van der Waals surface area contributed by atoms with Crippen molar-refractivity contribution in [3.8, 4) is 0 Å². The van der Waals surface area contributed by atoms with E-state index in [1.165, 1.54) is 0 Å². The number of aromatic nitrogens is 2. The van der Waals surface area contributed by atoms with Crippen LogP contribution in [0, 0.1) is 13.8 Å². The van der Waals surface area contributed by atoms with E-state index in [2.05, 4.69) is 34.0 Å². The van der Waals surface area contributed by atoms with Gasteiger partial charge in [-0.1, -0.05) is 0 Å². The second-order valence-corrected chi connectivity index (χ2v) is 4.92. The molecule has 1 aromatic heterocycles. The van der Waals surface area contributed by atoms with E-state index in [-0.39, 0.29) is 0 Å². The molecule has 0 aliphatic carbocycles. The van der Waals surface area contributed by atoms with Gasteiger partial charge < -0.3 is 19.7 Å². The molecule has 0 unspecified atom stereocenters. The lowest BCUT2D eigenvalue weighted by molar-refractivity contribution is 0.191. The average Bonchev–Trinajstić information content (AvgIpc) is 2.46. The van der Waals surface area contributed by atoms with Gasteiger partial charge in [-0.2, -0.15) is 0 Å². The topological polar surface area (TPSA) is 59.5 Å². The van der Waals surface area contributed by atoms with Crippen LogP contribution in [-0.2, 0) is 9.47 Å². The summed E-state index contributed by atoms with van der Waals surface area (Å²) in [7, 11) is 3.44. The first-order valence-electron chi connectivity index (χ1n) is 7.45. The Kier molecular flexibility index (Phi) is 8.00. The molecule has 0 atom stereocenters. The lowest BCUT2D eigenvalue weighted by Crippen LogP contribution is -2.31. The van der Waals surface area contributed by atoms with Crippen molar-refractivity contribution in [2.45, 2.75) is 27.2 Å². The van der Waals surface area contributed by atoms with Crippen molar-refractivity contribution in [3.63, 3.8) is 0 Å². The summed E-state index contributed by atoms with van der Waals surface area (Å²) >= 11 is 0. The predicted octanol–water partition coefficient (Wildman–Crippen LogP) is 2.01. The molecule has 0 saturated heterocycles. The van der Waals surface area contributed by atoms with E-state index in [0.29, 0.717) is 6.61 Å². The quantitative estimate of drug-likeness (QED) is 0.667. The van der Waals surface area contributed by atoms with Crippen molar-refractivity contribution in [2.75, 3.05) is 57.3 Å². The number of aryl methyl sites for hydroxylation is 1. The Morgan fingerprint density at radius 1 is 1.05 bits per heavy atom. The maximum Gasteiger partial charge on any atom is 0.137 e. The first-order valence-corrected chi connectivity index (χ1v) is 7.45. The van der Waals surface area contributed by atoms with E-state index >= 15 is 0 Å². The molecule has 6 nitrogen and oxygen atoms in total. The second kappa shape index (κ2) is 9.52. The zero-order chi connectivity index (χ0) is 15.7. The molecule has 21 heavy (non-hydrogen) atoms. The smallest absolute Gasteiger partial charge is 0.137 e. The standard InChI is InChI=1S/C15H28N4O2/c1-6-16-14-12(2)15(18-13(3)17-14)19(9-11-21-5)8-7-10-20-4/h6-11H2,1-5H3,(H,16,17,18). The maximum atomic E-state index is 5.22. The monoisotopic (exact) mass is 296 g/mol. The summed E-state index contributed by atoms with van der Waals surface area (Å²) in [5.41, 5.74) is 1.08. The molecule has 0 saturated carbocycles. The van der Waals surface area contributed by atoms with Gasteiger partial charge in [0.05, 0.1) is 6.61 Å². The first-order chi connectivity index (χ1) is 10.1. The largest absolute Gasteiger partial charge is 0.385 e. The highest BCUT2D eigenvalue weighted by atomic mass is 16.5. The highest BCUT2D eigenvalue weighted by Crippen LogP contribution is 2.23. The number of nitrogens with zero attached hydrogens (tertiary/aromatic N) is 3. The third-order valence-electron chi connectivity index (χ3n) is 3.22. The molecule has 0 aliphatic rings. The Bertz CT molecular complexity index is 426. The summed E-state index contributed by atoms with van der Waals surface area (Å²) in [5.74, 6) is 2.67. The van der Waals surface area contributed by atoms with E-state index in [1.54, 1.807) is 14.2 Å². The van der Waals surface area contributed by atoms with Crippen LogP contribution in [0.15, 0.2) is 0 Å². The molecule has 0 fully saturated rings. The molecule has 1 heterocycles. The Morgan fingerprint density at radius 2 is 1.76 bits per heavy atom. The van der Waals surface area contributed by atoms with E-state index in [0.717, 1.165) is 55.7 Å². The van der Waals surface area contributed by atoms with Crippen molar-refractivity contribution in [3.05, 3.63) is 11.4 Å². The van der Waals surface area contributed by atoms with Crippen LogP contribution in [-0.4, -0.2) is 57.0 Å². The fourth-order valence-corrected chi connectivity index (χ4v) is 2.19. The number of hydrogen-bond donors (Lipinski definition) is 1. The molecule has 0 aliphatic heterocycles. The minimum absolute atomic E-state index is 0.673. The highest BCUT2D eigenvalue weighted by molar-refractivity contribution is 5.58. The molecule has 0 radical (unpaired) electrons. The minimum atomic E-state index is 0.673. The van der Waals surface area contributed by atoms with Crippen LogP contribution in [0.2, 0.25) is 0 Å². The number of nitrogens with one attached hydrogen (secondary N) is 1. The number of methoxy groups -OCH3 is 2. The number of rotatable bonds is 10. The second-order valence-electron chi connectivity index (χ2n) is 4.92. The van der Waals surface area contributed by atoms with E-state index < -0.39 is 0 Å². The van der Waals surface area contributed by atoms with Gasteiger partial charge in [0.1, 0.15) is 17.5 Å². The van der Waals surface area contributed by atoms with Crippen molar-refractivity contribution in [1.82, 2.24) is 9.97 Å². The highest BCUT2D eigenvalue weighted by Gasteiger charge is 2.15. The van der Waals surface area contributed by atoms with Crippen LogP contribution in [0.25, 0.3) is 0 Å². The summed E-state index contributed by atoms with van der Waals surface area (Å²) in [4.78, 5) is 11.3. The summed E-state index contributed by atoms with van der Waals surface area (Å²) < 4.78 is 10.4. The summed E-state index contributed by atoms with van der Waals surface area (Å²) in [6, 6.07) is 0. The van der Waals surface area contributed by atoms with Crippen molar-refractivity contribution in [2.24, 2.45) is 0 Å². The van der Waals surface area contributed by atoms with Crippen LogP contribution in [0.1, 0.15) is 24.7 Å². The fraction of sp³-hybridized carbons (Fsp3) is 0.733. The summed E-state index contributed by atoms with van der Waals surface area (Å²) in [6.07, 6.45) is 0.958.